The summed E-state index contributed by atoms with van der Waals surface area (Å²) in [7, 11) is -4.96. The van der Waals surface area contributed by atoms with Crippen molar-refractivity contribution >= 4 is 54.0 Å². The van der Waals surface area contributed by atoms with Crippen molar-refractivity contribution < 1.29 is 30.8 Å². The van der Waals surface area contributed by atoms with Gasteiger partial charge in [-0.1, -0.05) is 53.4 Å². The number of nitrogens with one attached hydrogen (secondary N) is 2. The van der Waals surface area contributed by atoms with E-state index in [1.165, 1.54) is 36.9 Å². The first-order valence-corrected chi connectivity index (χ1v) is 18.6. The third kappa shape index (κ3) is 7.83. The molecule has 0 unspecified atom stereocenters. The first kappa shape index (κ1) is 36.2. The molecule has 2 N–H and O–H groups in total. The van der Waals surface area contributed by atoms with E-state index in [0.29, 0.717) is 32.6 Å². The zero-order chi connectivity index (χ0) is 36.4. The van der Waals surface area contributed by atoms with Crippen molar-refractivity contribution in [2.45, 2.75) is 57.9 Å². The summed E-state index contributed by atoms with van der Waals surface area (Å²) in [6, 6.07) is 12.8. The van der Waals surface area contributed by atoms with E-state index in [4.69, 9.17) is 0 Å². The smallest absolute Gasteiger partial charge is 0.272 e. The van der Waals surface area contributed by atoms with Gasteiger partial charge < -0.3 is 4.90 Å². The first-order valence-electron chi connectivity index (χ1n) is 16.1. The molecular weight excluding hydrogens is 754 g/mol. The van der Waals surface area contributed by atoms with Gasteiger partial charge in [0.2, 0.25) is 15.9 Å². The average molecular weight is 787 g/mol. The van der Waals surface area contributed by atoms with Crippen molar-refractivity contribution in [3.8, 4) is 0 Å². The van der Waals surface area contributed by atoms with Gasteiger partial charge >= 0.3 is 0 Å². The van der Waals surface area contributed by atoms with Crippen LogP contribution in [-0.2, 0) is 27.8 Å². The number of nitrogens with zero attached hydrogens (tertiary/aromatic N) is 3. The van der Waals surface area contributed by atoms with Gasteiger partial charge in [-0.2, -0.15) is 5.10 Å². The van der Waals surface area contributed by atoms with E-state index in [1.54, 1.807) is 36.0 Å². The topological polar surface area (TPSA) is 125 Å². The van der Waals surface area contributed by atoms with Crippen LogP contribution in [0.2, 0.25) is 0 Å². The van der Waals surface area contributed by atoms with E-state index in [-0.39, 0.29) is 17.6 Å². The van der Waals surface area contributed by atoms with Gasteiger partial charge in [-0.05, 0) is 72.7 Å². The second-order valence-electron chi connectivity index (χ2n) is 12.5. The van der Waals surface area contributed by atoms with Crippen molar-refractivity contribution in [2.24, 2.45) is 0 Å². The first-order chi connectivity index (χ1) is 24.3. The van der Waals surface area contributed by atoms with Crippen LogP contribution < -0.4 is 15.2 Å². The predicted molar refractivity (Wildman–Crippen MR) is 189 cm³/mol. The van der Waals surface area contributed by atoms with Gasteiger partial charge in [-0.3, -0.25) is 19.3 Å². The van der Waals surface area contributed by atoms with E-state index >= 15 is 17.6 Å². The summed E-state index contributed by atoms with van der Waals surface area (Å²) < 4.78 is 89.6. The van der Waals surface area contributed by atoms with Crippen molar-refractivity contribution in [3.63, 3.8) is 0 Å². The minimum atomic E-state index is -4.96. The van der Waals surface area contributed by atoms with Gasteiger partial charge in [0, 0.05) is 33.7 Å². The monoisotopic (exact) mass is 785 g/mol. The molecule has 51 heavy (non-hydrogen) atoms. The van der Waals surface area contributed by atoms with Crippen LogP contribution in [0.25, 0.3) is 10.8 Å². The SMILES string of the molecule is Cc1c(Br)cccc1Cc1c(F)c(F)c(NS(=O)(=O)CC(=O)N(Cc2ccc(C3CCCCC3)cn2)c2ccc3c(=O)[nH]ncc3c2)c(F)c1F. The molecule has 0 bridgehead atoms. The number of H-pyrrole nitrogens is 1. The maximum Gasteiger partial charge on any atom is 0.272 e. The Bertz CT molecular complexity index is 2270. The van der Waals surface area contributed by atoms with Gasteiger partial charge in [0.15, 0.2) is 23.3 Å². The molecule has 1 aliphatic carbocycles. The maximum absolute atomic E-state index is 15.3. The number of aromatic nitrogens is 3. The Morgan fingerprint density at radius 2 is 1.71 bits per heavy atom. The van der Waals surface area contributed by atoms with E-state index in [9.17, 15) is 18.0 Å². The van der Waals surface area contributed by atoms with Gasteiger partial charge in [-0.15, -0.1) is 0 Å². The fraction of sp³-hybridized carbons (Fsp3) is 0.278. The number of amides is 1. The molecule has 266 valence electrons. The number of anilines is 2. The van der Waals surface area contributed by atoms with Crippen LogP contribution in [0.1, 0.15) is 66.0 Å². The standard InChI is InChI=1S/C36H32BrF4N5O4S/c1-20-22(8-5-9-29(20)37)15-28-31(38)33(40)35(34(41)32(28)39)45-51(49,50)19-30(47)46(26-12-13-27-24(14-26)17-43-44-36(27)48)18-25-11-10-23(16-42-25)21-6-3-2-4-7-21/h5,8-14,16-17,21,45H,2-4,6-7,15,18-19H2,1H3,(H,44,48). The van der Waals surface area contributed by atoms with Gasteiger partial charge in [0.1, 0.15) is 11.4 Å². The molecule has 5 aromatic rings. The number of hydrogen-bond acceptors (Lipinski definition) is 6. The third-order valence-electron chi connectivity index (χ3n) is 9.18. The number of carbonyl (C=O) groups is 1. The number of halogens is 5. The second kappa shape index (κ2) is 14.9. The van der Waals surface area contributed by atoms with E-state index < -0.39 is 68.2 Å². The van der Waals surface area contributed by atoms with Crippen LogP contribution >= 0.6 is 15.9 Å². The van der Waals surface area contributed by atoms with Gasteiger partial charge in [0.05, 0.1) is 23.8 Å². The molecule has 2 heterocycles. The number of pyridine rings is 1. The average Bonchev–Trinajstić information content (AvgIpc) is 3.12. The van der Waals surface area contributed by atoms with Gasteiger partial charge in [-0.25, -0.2) is 31.1 Å². The molecule has 2 aromatic heterocycles. The molecule has 6 rings (SSSR count). The van der Waals surface area contributed by atoms with Crippen LogP contribution in [0.4, 0.5) is 28.9 Å². The summed E-state index contributed by atoms with van der Waals surface area (Å²) in [5.41, 5.74) is -0.379. The Morgan fingerprint density at radius 1 is 0.980 bits per heavy atom. The summed E-state index contributed by atoms with van der Waals surface area (Å²) in [6.45, 7) is 1.44. The van der Waals surface area contributed by atoms with Crippen LogP contribution in [0.3, 0.4) is 0 Å². The molecule has 9 nitrogen and oxygen atoms in total. The number of carbonyl (C=O) groups excluding carboxylic acids is 1. The lowest BCUT2D eigenvalue weighted by Gasteiger charge is -2.24. The lowest BCUT2D eigenvalue weighted by Crippen LogP contribution is -2.37. The van der Waals surface area contributed by atoms with Gasteiger partial charge in [0.25, 0.3) is 5.56 Å². The zero-order valence-electron chi connectivity index (χ0n) is 27.3. The fourth-order valence-corrected chi connectivity index (χ4v) is 7.78. The lowest BCUT2D eigenvalue weighted by atomic mass is 9.85. The molecule has 1 amide bonds. The van der Waals surface area contributed by atoms with Crippen molar-refractivity contribution in [1.82, 2.24) is 15.2 Å². The zero-order valence-corrected chi connectivity index (χ0v) is 29.7. The number of hydrogen-bond donors (Lipinski definition) is 2. The summed E-state index contributed by atoms with van der Waals surface area (Å²) in [4.78, 5) is 31.6. The highest BCUT2D eigenvalue weighted by Gasteiger charge is 2.31. The molecule has 1 fully saturated rings. The molecule has 0 radical (unpaired) electrons. The van der Waals surface area contributed by atoms with E-state index in [1.807, 2.05) is 6.07 Å². The van der Waals surface area contributed by atoms with E-state index in [0.717, 1.165) is 36.1 Å². The van der Waals surface area contributed by atoms with Crippen LogP contribution in [0.5, 0.6) is 0 Å². The summed E-state index contributed by atoms with van der Waals surface area (Å²) >= 11 is 3.30. The molecule has 1 saturated carbocycles. The molecule has 1 aliphatic rings. The summed E-state index contributed by atoms with van der Waals surface area (Å²) in [6.07, 6.45) is 8.09. The molecule has 0 aliphatic heterocycles. The highest BCUT2D eigenvalue weighted by Crippen LogP contribution is 2.34. The third-order valence-corrected chi connectivity index (χ3v) is 11.2. The van der Waals surface area contributed by atoms with Crippen molar-refractivity contribution in [1.29, 1.82) is 0 Å². The molecule has 0 atom stereocenters. The molecule has 0 saturated heterocycles. The normalized spacial score (nSPS) is 13.8. The molecular formula is C36H32BrF4N5O4S. The largest absolute Gasteiger partial charge is 0.305 e. The number of aromatic amines is 1. The maximum atomic E-state index is 15.3. The Labute approximate surface area is 299 Å². The van der Waals surface area contributed by atoms with E-state index in [2.05, 4.69) is 31.1 Å². The molecule has 0 spiro atoms. The number of rotatable bonds is 10. The fourth-order valence-electron chi connectivity index (χ4n) is 6.33. The lowest BCUT2D eigenvalue weighted by molar-refractivity contribution is -0.116. The second-order valence-corrected chi connectivity index (χ2v) is 15.1. The number of fused-ring (bicyclic) bond motifs is 1. The summed E-state index contributed by atoms with van der Waals surface area (Å²) in [5, 5.41) is 6.70. The number of sulfonamides is 1. The number of benzene rings is 3. The van der Waals surface area contributed by atoms with Crippen LogP contribution in [-0.4, -0.2) is 35.3 Å². The Morgan fingerprint density at radius 3 is 2.39 bits per heavy atom. The van der Waals surface area contributed by atoms with Crippen LogP contribution in [0.15, 0.2) is 70.2 Å². The van der Waals surface area contributed by atoms with Crippen LogP contribution in [0, 0.1) is 30.2 Å². The highest BCUT2D eigenvalue weighted by molar-refractivity contribution is 9.10. The minimum absolute atomic E-state index is 0.176. The Balaban J connectivity index is 1.28. The van der Waals surface area contributed by atoms with Crippen molar-refractivity contribution in [2.75, 3.05) is 15.4 Å². The quantitative estimate of drug-likeness (QED) is 0.111. The molecule has 15 heteroatoms. The minimum Gasteiger partial charge on any atom is -0.305 e. The molecule has 3 aromatic carbocycles. The Hall–Kier alpha value is -4.63. The predicted octanol–water partition coefficient (Wildman–Crippen LogP) is 7.56. The summed E-state index contributed by atoms with van der Waals surface area (Å²) in [5.74, 6) is -9.52. The highest BCUT2D eigenvalue weighted by atomic mass is 79.9. The van der Waals surface area contributed by atoms with Crippen molar-refractivity contribution in [3.05, 3.63) is 127 Å². The Kier molecular flexibility index (Phi) is 10.6.